The fourth-order valence-corrected chi connectivity index (χ4v) is 2.84. The van der Waals surface area contributed by atoms with Gasteiger partial charge in [0.05, 0.1) is 13.2 Å². The number of unbranched alkanes of at least 4 members (excludes halogenated alkanes) is 3. The van der Waals surface area contributed by atoms with Crippen molar-refractivity contribution in [3.63, 3.8) is 0 Å². The Balaban J connectivity index is 1.27. The van der Waals surface area contributed by atoms with Gasteiger partial charge in [0.2, 0.25) is 0 Å². The van der Waals surface area contributed by atoms with Gasteiger partial charge in [0.1, 0.15) is 17.8 Å². The normalized spacial score (nSPS) is 10.6. The van der Waals surface area contributed by atoms with Gasteiger partial charge in [-0.2, -0.15) is 0 Å². The summed E-state index contributed by atoms with van der Waals surface area (Å²) in [5.74, 6) is 1.75. The van der Waals surface area contributed by atoms with E-state index in [1.165, 1.54) is 10.8 Å². The Morgan fingerprint density at radius 2 is 1.27 bits per heavy atom. The minimum atomic E-state index is 0.670. The van der Waals surface area contributed by atoms with Crippen LogP contribution in [0.2, 0.25) is 0 Å². The Hall–Kier alpha value is -2.81. The first kappa shape index (κ1) is 18.0. The van der Waals surface area contributed by atoms with E-state index in [0.29, 0.717) is 12.2 Å². The fourth-order valence-electron chi connectivity index (χ4n) is 2.84. The molecule has 0 bridgehead atoms. The molecule has 3 heteroatoms. The lowest BCUT2D eigenvalue weighted by Crippen LogP contribution is -2.00. The van der Waals surface area contributed by atoms with Crippen LogP contribution in [0, 0.1) is 0 Å². The van der Waals surface area contributed by atoms with Gasteiger partial charge in [-0.15, -0.1) is 0 Å². The minimum absolute atomic E-state index is 0.670. The second kappa shape index (κ2) is 9.62. The standard InChI is InChI=1S/C23H24O3/c24-18-19-9-12-22(13-10-19)25-15-5-1-2-6-16-26-23-14-11-20-7-3-4-8-21(20)17-23/h3-4,7-14,17-18H,1-2,5-6,15-16H2. The van der Waals surface area contributed by atoms with Gasteiger partial charge in [-0.3, -0.25) is 4.79 Å². The van der Waals surface area contributed by atoms with Crippen molar-refractivity contribution < 1.29 is 14.3 Å². The lowest BCUT2D eigenvalue weighted by molar-refractivity contribution is 0.112. The van der Waals surface area contributed by atoms with Crippen LogP contribution in [0.4, 0.5) is 0 Å². The van der Waals surface area contributed by atoms with E-state index >= 15 is 0 Å². The van der Waals surface area contributed by atoms with Crippen molar-refractivity contribution in [1.29, 1.82) is 0 Å². The van der Waals surface area contributed by atoms with Crippen molar-refractivity contribution in [3.05, 3.63) is 72.3 Å². The average molecular weight is 348 g/mol. The summed E-state index contributed by atoms with van der Waals surface area (Å²) in [6.07, 6.45) is 5.14. The van der Waals surface area contributed by atoms with Gasteiger partial charge in [-0.1, -0.05) is 30.3 Å². The van der Waals surface area contributed by atoms with Crippen LogP contribution in [0.15, 0.2) is 66.7 Å². The summed E-state index contributed by atoms with van der Waals surface area (Å²) >= 11 is 0. The molecule has 0 aliphatic carbocycles. The van der Waals surface area contributed by atoms with Crippen molar-refractivity contribution in [2.75, 3.05) is 13.2 Å². The summed E-state index contributed by atoms with van der Waals surface area (Å²) < 4.78 is 11.5. The maximum Gasteiger partial charge on any atom is 0.150 e. The number of carbonyl (C=O) groups excluding carboxylic acids is 1. The molecule has 0 unspecified atom stereocenters. The molecule has 134 valence electrons. The van der Waals surface area contributed by atoms with Gasteiger partial charge in [-0.05, 0) is 72.9 Å². The van der Waals surface area contributed by atoms with Crippen LogP contribution in [0.3, 0.4) is 0 Å². The molecule has 3 aromatic carbocycles. The maximum atomic E-state index is 10.6. The smallest absolute Gasteiger partial charge is 0.150 e. The van der Waals surface area contributed by atoms with E-state index in [4.69, 9.17) is 9.47 Å². The lowest BCUT2D eigenvalue weighted by atomic mass is 10.1. The number of aldehydes is 1. The van der Waals surface area contributed by atoms with Crippen LogP contribution in [-0.4, -0.2) is 19.5 Å². The molecule has 0 saturated heterocycles. The Kier molecular flexibility index (Phi) is 6.66. The molecule has 0 amide bonds. The Morgan fingerprint density at radius 1 is 0.654 bits per heavy atom. The average Bonchev–Trinajstić information content (AvgIpc) is 2.70. The monoisotopic (exact) mass is 348 g/mol. The third kappa shape index (κ3) is 5.35. The maximum absolute atomic E-state index is 10.6. The van der Waals surface area contributed by atoms with Crippen LogP contribution in [0.5, 0.6) is 11.5 Å². The van der Waals surface area contributed by atoms with Crippen molar-refractivity contribution in [3.8, 4) is 11.5 Å². The number of ether oxygens (including phenoxy) is 2. The van der Waals surface area contributed by atoms with Crippen LogP contribution in [0.25, 0.3) is 10.8 Å². The predicted octanol–water partition coefficient (Wildman–Crippen LogP) is 5.67. The number of rotatable bonds is 10. The topological polar surface area (TPSA) is 35.5 Å². The Bertz CT molecular complexity index is 824. The molecule has 0 aliphatic heterocycles. The molecule has 0 saturated carbocycles. The summed E-state index contributed by atoms with van der Waals surface area (Å²) in [6.45, 7) is 1.44. The van der Waals surface area contributed by atoms with Crippen molar-refractivity contribution in [2.24, 2.45) is 0 Å². The SMILES string of the molecule is O=Cc1ccc(OCCCCCCOc2ccc3ccccc3c2)cc1. The van der Waals surface area contributed by atoms with Gasteiger partial charge in [0, 0.05) is 5.56 Å². The molecule has 3 rings (SSSR count). The van der Waals surface area contributed by atoms with E-state index < -0.39 is 0 Å². The Labute approximate surface area is 154 Å². The summed E-state index contributed by atoms with van der Waals surface area (Å²) in [7, 11) is 0. The summed E-state index contributed by atoms with van der Waals surface area (Å²) in [5, 5.41) is 2.45. The molecule has 0 radical (unpaired) electrons. The molecule has 26 heavy (non-hydrogen) atoms. The number of fused-ring (bicyclic) bond motifs is 1. The zero-order chi connectivity index (χ0) is 18.0. The first-order valence-electron chi connectivity index (χ1n) is 9.15. The molecule has 0 aromatic heterocycles. The van der Waals surface area contributed by atoms with E-state index in [1.54, 1.807) is 12.1 Å². The number of hydrogen-bond acceptors (Lipinski definition) is 3. The van der Waals surface area contributed by atoms with E-state index in [-0.39, 0.29) is 0 Å². The Morgan fingerprint density at radius 3 is 1.96 bits per heavy atom. The lowest BCUT2D eigenvalue weighted by Gasteiger charge is -2.08. The molecule has 3 aromatic rings. The zero-order valence-corrected chi connectivity index (χ0v) is 14.9. The first-order valence-corrected chi connectivity index (χ1v) is 9.15. The number of hydrogen-bond donors (Lipinski definition) is 0. The second-order valence-electron chi connectivity index (χ2n) is 6.31. The van der Waals surface area contributed by atoms with E-state index in [2.05, 4.69) is 24.3 Å². The van der Waals surface area contributed by atoms with E-state index in [1.807, 2.05) is 30.3 Å². The largest absolute Gasteiger partial charge is 0.494 e. The van der Waals surface area contributed by atoms with Crippen molar-refractivity contribution >= 4 is 17.1 Å². The van der Waals surface area contributed by atoms with E-state index in [0.717, 1.165) is 50.1 Å². The molecule has 0 fully saturated rings. The van der Waals surface area contributed by atoms with Gasteiger partial charge in [0.15, 0.2) is 0 Å². The minimum Gasteiger partial charge on any atom is -0.494 e. The summed E-state index contributed by atoms with van der Waals surface area (Å²) in [6, 6.07) is 21.8. The van der Waals surface area contributed by atoms with Gasteiger partial charge in [0.25, 0.3) is 0 Å². The molecule has 0 heterocycles. The van der Waals surface area contributed by atoms with Crippen LogP contribution in [0.1, 0.15) is 36.0 Å². The summed E-state index contributed by atoms with van der Waals surface area (Å²) in [5.41, 5.74) is 0.670. The third-order valence-corrected chi connectivity index (χ3v) is 4.31. The second-order valence-corrected chi connectivity index (χ2v) is 6.31. The predicted molar refractivity (Wildman–Crippen MR) is 105 cm³/mol. The van der Waals surface area contributed by atoms with Gasteiger partial charge < -0.3 is 9.47 Å². The fraction of sp³-hybridized carbons (Fsp3) is 0.261. The van der Waals surface area contributed by atoms with Gasteiger partial charge in [-0.25, -0.2) is 0 Å². The number of benzene rings is 3. The van der Waals surface area contributed by atoms with Crippen LogP contribution in [-0.2, 0) is 0 Å². The molecule has 3 nitrogen and oxygen atoms in total. The molecule has 0 atom stereocenters. The highest BCUT2D eigenvalue weighted by molar-refractivity contribution is 5.83. The van der Waals surface area contributed by atoms with Crippen molar-refractivity contribution in [1.82, 2.24) is 0 Å². The molecule has 0 aliphatic rings. The molecular weight excluding hydrogens is 324 g/mol. The molecule has 0 spiro atoms. The molecule has 0 N–H and O–H groups in total. The van der Waals surface area contributed by atoms with Crippen LogP contribution >= 0.6 is 0 Å². The highest BCUT2D eigenvalue weighted by Crippen LogP contribution is 2.20. The van der Waals surface area contributed by atoms with Crippen LogP contribution < -0.4 is 9.47 Å². The van der Waals surface area contributed by atoms with E-state index in [9.17, 15) is 4.79 Å². The van der Waals surface area contributed by atoms with Gasteiger partial charge >= 0.3 is 0 Å². The quantitative estimate of drug-likeness (QED) is 0.350. The summed E-state index contributed by atoms with van der Waals surface area (Å²) in [4.78, 5) is 10.6. The zero-order valence-electron chi connectivity index (χ0n) is 14.9. The highest BCUT2D eigenvalue weighted by Gasteiger charge is 1.98. The first-order chi connectivity index (χ1) is 12.8. The molecular formula is C23H24O3. The number of carbonyl (C=O) groups is 1. The third-order valence-electron chi connectivity index (χ3n) is 4.31. The van der Waals surface area contributed by atoms with Crippen molar-refractivity contribution in [2.45, 2.75) is 25.7 Å². The highest BCUT2D eigenvalue weighted by atomic mass is 16.5.